The number of nitriles is 1. The smallest absolute Gasteiger partial charge is 0.271 e. The molecule has 0 aliphatic carbocycles. The lowest BCUT2D eigenvalue weighted by molar-refractivity contribution is 0.0950. The van der Waals surface area contributed by atoms with Gasteiger partial charge in [-0.1, -0.05) is 0 Å². The average molecular weight is 241 g/mol. The second-order valence-electron chi connectivity index (χ2n) is 3.51. The van der Waals surface area contributed by atoms with Crippen LogP contribution >= 0.6 is 0 Å². The van der Waals surface area contributed by atoms with Crippen LogP contribution in [0, 0.1) is 11.3 Å². The van der Waals surface area contributed by atoms with E-state index < -0.39 is 0 Å². The average Bonchev–Trinajstić information content (AvgIpc) is 2.87. The summed E-state index contributed by atoms with van der Waals surface area (Å²) in [5, 5.41) is 19.3. The molecule has 0 bridgehead atoms. The SMILES string of the molecule is CCNC(=O)c1ccc(-n2cccc2C#N)nn1. The minimum absolute atomic E-state index is 0.256. The van der Waals surface area contributed by atoms with Crippen molar-refractivity contribution in [1.82, 2.24) is 20.1 Å². The third-order valence-corrected chi connectivity index (χ3v) is 2.33. The summed E-state index contributed by atoms with van der Waals surface area (Å²) >= 11 is 0. The van der Waals surface area contributed by atoms with Crippen molar-refractivity contribution in [3.63, 3.8) is 0 Å². The van der Waals surface area contributed by atoms with Crippen LogP contribution < -0.4 is 5.32 Å². The molecule has 2 heterocycles. The first-order valence-electron chi connectivity index (χ1n) is 5.46. The predicted molar refractivity (Wildman–Crippen MR) is 64.1 cm³/mol. The van der Waals surface area contributed by atoms with Gasteiger partial charge in [0.1, 0.15) is 11.8 Å². The van der Waals surface area contributed by atoms with E-state index in [1.165, 1.54) is 0 Å². The van der Waals surface area contributed by atoms with Crippen LogP contribution in [-0.4, -0.2) is 27.2 Å². The molecule has 0 radical (unpaired) electrons. The van der Waals surface area contributed by atoms with Gasteiger partial charge in [0, 0.05) is 12.7 Å². The molecule has 1 N–H and O–H groups in total. The summed E-state index contributed by atoms with van der Waals surface area (Å²) in [6, 6.07) is 8.70. The third-order valence-electron chi connectivity index (χ3n) is 2.33. The monoisotopic (exact) mass is 241 g/mol. The van der Waals surface area contributed by atoms with E-state index >= 15 is 0 Å². The van der Waals surface area contributed by atoms with Gasteiger partial charge in [0.2, 0.25) is 0 Å². The minimum Gasteiger partial charge on any atom is -0.351 e. The van der Waals surface area contributed by atoms with E-state index in [1.807, 2.05) is 13.0 Å². The van der Waals surface area contributed by atoms with E-state index in [2.05, 4.69) is 15.5 Å². The van der Waals surface area contributed by atoms with Gasteiger partial charge in [-0.2, -0.15) is 5.26 Å². The Hall–Kier alpha value is -2.68. The zero-order valence-electron chi connectivity index (χ0n) is 9.79. The van der Waals surface area contributed by atoms with E-state index in [1.54, 1.807) is 35.0 Å². The molecule has 6 nitrogen and oxygen atoms in total. The molecule has 0 unspecified atom stereocenters. The van der Waals surface area contributed by atoms with Crippen LogP contribution in [0.25, 0.3) is 5.82 Å². The highest BCUT2D eigenvalue weighted by Crippen LogP contribution is 2.08. The zero-order valence-corrected chi connectivity index (χ0v) is 9.79. The maximum absolute atomic E-state index is 11.5. The van der Waals surface area contributed by atoms with E-state index in [-0.39, 0.29) is 11.6 Å². The molecule has 1 amide bonds. The first kappa shape index (κ1) is 11.8. The number of carbonyl (C=O) groups excluding carboxylic acids is 1. The number of carbonyl (C=O) groups is 1. The first-order chi connectivity index (χ1) is 8.76. The van der Waals surface area contributed by atoms with Crippen LogP contribution in [0.3, 0.4) is 0 Å². The minimum atomic E-state index is -0.260. The molecule has 90 valence electrons. The van der Waals surface area contributed by atoms with E-state index in [9.17, 15) is 4.79 Å². The Balaban J connectivity index is 2.28. The summed E-state index contributed by atoms with van der Waals surface area (Å²) in [6.45, 7) is 2.37. The highest BCUT2D eigenvalue weighted by Gasteiger charge is 2.08. The molecule has 2 aromatic rings. The molecule has 2 aromatic heterocycles. The molecule has 0 spiro atoms. The Kier molecular flexibility index (Phi) is 3.34. The van der Waals surface area contributed by atoms with Crippen LogP contribution in [0.15, 0.2) is 30.5 Å². The van der Waals surface area contributed by atoms with Gasteiger partial charge in [-0.25, -0.2) is 0 Å². The lowest BCUT2D eigenvalue weighted by Gasteiger charge is -2.04. The topological polar surface area (TPSA) is 83.6 Å². The number of aromatic nitrogens is 3. The predicted octanol–water partition coefficient (Wildman–Crippen LogP) is 0.889. The fourth-order valence-corrected chi connectivity index (χ4v) is 1.50. The Morgan fingerprint density at radius 1 is 1.44 bits per heavy atom. The molecule has 2 rings (SSSR count). The fourth-order valence-electron chi connectivity index (χ4n) is 1.50. The number of amides is 1. The van der Waals surface area contributed by atoms with Crippen LogP contribution in [0.2, 0.25) is 0 Å². The summed E-state index contributed by atoms with van der Waals surface area (Å²) < 4.78 is 1.61. The summed E-state index contributed by atoms with van der Waals surface area (Å²) in [4.78, 5) is 11.5. The van der Waals surface area contributed by atoms with Gasteiger partial charge in [0.25, 0.3) is 5.91 Å². The van der Waals surface area contributed by atoms with E-state index in [0.717, 1.165) is 0 Å². The van der Waals surface area contributed by atoms with Crippen molar-refractivity contribution in [2.45, 2.75) is 6.92 Å². The lowest BCUT2D eigenvalue weighted by atomic mass is 10.3. The summed E-state index contributed by atoms with van der Waals surface area (Å²) in [6.07, 6.45) is 1.72. The van der Waals surface area contributed by atoms with Gasteiger partial charge in [-0.15, -0.1) is 10.2 Å². The molecule has 18 heavy (non-hydrogen) atoms. The first-order valence-corrected chi connectivity index (χ1v) is 5.46. The van der Waals surface area contributed by atoms with Crippen molar-refractivity contribution in [2.75, 3.05) is 6.54 Å². The highest BCUT2D eigenvalue weighted by molar-refractivity contribution is 5.92. The molecule has 0 aliphatic rings. The number of hydrogen-bond donors (Lipinski definition) is 1. The Morgan fingerprint density at radius 3 is 2.89 bits per heavy atom. The molecule has 0 saturated carbocycles. The van der Waals surface area contributed by atoms with Gasteiger partial charge >= 0.3 is 0 Å². The second-order valence-corrected chi connectivity index (χ2v) is 3.51. The maximum Gasteiger partial charge on any atom is 0.271 e. The van der Waals surface area contributed by atoms with E-state index in [4.69, 9.17) is 5.26 Å². The summed E-state index contributed by atoms with van der Waals surface area (Å²) in [7, 11) is 0. The molecule has 0 aromatic carbocycles. The van der Waals surface area contributed by atoms with Crippen molar-refractivity contribution in [3.8, 4) is 11.9 Å². The largest absolute Gasteiger partial charge is 0.351 e. The maximum atomic E-state index is 11.5. The van der Waals surface area contributed by atoms with Crippen LogP contribution in [0.1, 0.15) is 23.1 Å². The number of rotatable bonds is 3. The normalized spacial score (nSPS) is 9.78. The molecular formula is C12H11N5O. The molecule has 0 aliphatic heterocycles. The van der Waals surface area contributed by atoms with E-state index in [0.29, 0.717) is 18.1 Å². The molecule has 0 atom stereocenters. The van der Waals surface area contributed by atoms with Crippen molar-refractivity contribution in [1.29, 1.82) is 5.26 Å². The van der Waals surface area contributed by atoms with Gasteiger partial charge in [0.05, 0.1) is 0 Å². The third kappa shape index (κ3) is 2.20. The molecule has 6 heteroatoms. The van der Waals surface area contributed by atoms with Crippen LogP contribution in [0.5, 0.6) is 0 Å². The van der Waals surface area contributed by atoms with Gasteiger partial charge in [-0.3, -0.25) is 9.36 Å². The number of hydrogen-bond acceptors (Lipinski definition) is 4. The van der Waals surface area contributed by atoms with Crippen molar-refractivity contribution in [3.05, 3.63) is 41.9 Å². The van der Waals surface area contributed by atoms with Crippen LogP contribution in [0.4, 0.5) is 0 Å². The highest BCUT2D eigenvalue weighted by atomic mass is 16.1. The van der Waals surface area contributed by atoms with Crippen LogP contribution in [-0.2, 0) is 0 Å². The lowest BCUT2D eigenvalue weighted by Crippen LogP contribution is -2.24. The quantitative estimate of drug-likeness (QED) is 0.864. The summed E-state index contributed by atoms with van der Waals surface area (Å²) in [5.41, 5.74) is 0.723. The Morgan fingerprint density at radius 2 is 2.28 bits per heavy atom. The Bertz CT molecular complexity index is 594. The second kappa shape index (κ2) is 5.10. The zero-order chi connectivity index (χ0) is 13.0. The molecule has 0 saturated heterocycles. The van der Waals surface area contributed by atoms with Crippen molar-refractivity contribution in [2.24, 2.45) is 0 Å². The Labute approximate surface area is 104 Å². The van der Waals surface area contributed by atoms with Crippen molar-refractivity contribution >= 4 is 5.91 Å². The summed E-state index contributed by atoms with van der Waals surface area (Å²) in [5.74, 6) is 0.245. The standard InChI is InChI=1S/C12H11N5O/c1-2-14-12(18)10-5-6-11(16-15-10)17-7-3-4-9(17)8-13/h3-7H,2H2,1H3,(H,14,18). The fraction of sp³-hybridized carbons (Fsp3) is 0.167. The van der Waals surface area contributed by atoms with Gasteiger partial charge < -0.3 is 5.32 Å². The van der Waals surface area contributed by atoms with Gasteiger partial charge in [-0.05, 0) is 31.2 Å². The molecule has 0 fully saturated rings. The van der Waals surface area contributed by atoms with Gasteiger partial charge in [0.15, 0.2) is 11.5 Å². The number of nitrogens with one attached hydrogen (secondary N) is 1. The molecular weight excluding hydrogens is 230 g/mol. The van der Waals surface area contributed by atoms with Crippen molar-refractivity contribution < 1.29 is 4.79 Å². The number of nitrogens with zero attached hydrogens (tertiary/aromatic N) is 4.